The van der Waals surface area contributed by atoms with Gasteiger partial charge in [0.1, 0.15) is 19.3 Å². The molecule has 0 radical (unpaired) electrons. The molecule has 9 heteroatoms. The van der Waals surface area contributed by atoms with E-state index in [-0.39, 0.29) is 32.2 Å². The molecule has 0 rings (SSSR count). The van der Waals surface area contributed by atoms with Gasteiger partial charge >= 0.3 is 5.97 Å². The van der Waals surface area contributed by atoms with Crippen molar-refractivity contribution in [3.63, 3.8) is 0 Å². The maximum absolute atomic E-state index is 12.6. The number of allylic oxidation sites excluding steroid dienone is 10. The number of carbonyl (C=O) groups is 1. The molecule has 0 saturated heterocycles. The Bertz CT molecular complexity index is 968. The summed E-state index contributed by atoms with van der Waals surface area (Å²) in [7, 11) is 1.30. The summed E-state index contributed by atoms with van der Waals surface area (Å²) in [5.41, 5.74) is 0. The van der Waals surface area contributed by atoms with E-state index in [4.69, 9.17) is 18.5 Å². The normalized spacial score (nSPS) is 14.7. The van der Waals surface area contributed by atoms with E-state index in [9.17, 15) is 14.3 Å². The molecular weight excluding hydrogens is 637 g/mol. The van der Waals surface area contributed by atoms with Gasteiger partial charge in [0, 0.05) is 13.0 Å². The standard InChI is InChI=1S/C40H72NO7P/c1-6-8-10-12-14-16-18-20-22-24-26-28-30-32-35-45-37-39(38-47-49(43,44)46-36-34-41(3,4)5)48-40(42)33-31-29-27-25-23-21-19-17-15-13-11-9-7-2/h8,10,14,16-17,19-20,22,26,28,39H,6-7,9,11-13,15,18,21,23-25,27,29-38H2,1-5H3/b10-8-,16-14-,19-17-,22-20-,28-26-. The van der Waals surface area contributed by atoms with Crippen LogP contribution in [0.25, 0.3) is 0 Å². The number of unbranched alkanes of at least 4 members (excludes halogenated alkanes) is 10. The monoisotopic (exact) mass is 710 g/mol. The van der Waals surface area contributed by atoms with Gasteiger partial charge in [0.2, 0.25) is 0 Å². The van der Waals surface area contributed by atoms with Crippen molar-refractivity contribution in [2.45, 2.75) is 136 Å². The minimum Gasteiger partial charge on any atom is -0.756 e. The fourth-order valence-electron chi connectivity index (χ4n) is 4.60. The van der Waals surface area contributed by atoms with Crippen LogP contribution in [0, 0.1) is 0 Å². The Kier molecular flexibility index (Phi) is 32.1. The van der Waals surface area contributed by atoms with Gasteiger partial charge in [-0.15, -0.1) is 0 Å². The number of ether oxygens (including phenoxy) is 2. The predicted molar refractivity (Wildman–Crippen MR) is 203 cm³/mol. The van der Waals surface area contributed by atoms with Crippen molar-refractivity contribution in [3.8, 4) is 0 Å². The number of hydrogen-bond donors (Lipinski definition) is 0. The van der Waals surface area contributed by atoms with Gasteiger partial charge in [-0.2, -0.15) is 0 Å². The molecule has 0 saturated carbocycles. The predicted octanol–water partition coefficient (Wildman–Crippen LogP) is 9.97. The highest BCUT2D eigenvalue weighted by molar-refractivity contribution is 7.45. The first-order valence-corrected chi connectivity index (χ1v) is 20.5. The van der Waals surface area contributed by atoms with Crippen LogP contribution in [0.2, 0.25) is 0 Å². The van der Waals surface area contributed by atoms with Gasteiger partial charge in [0.05, 0.1) is 34.4 Å². The van der Waals surface area contributed by atoms with Crippen molar-refractivity contribution in [1.29, 1.82) is 0 Å². The van der Waals surface area contributed by atoms with Crippen molar-refractivity contribution in [3.05, 3.63) is 60.8 Å². The Morgan fingerprint density at radius 2 is 1.18 bits per heavy atom. The summed E-state index contributed by atoms with van der Waals surface area (Å²) in [4.78, 5) is 24.9. The molecule has 0 aromatic carbocycles. The minimum atomic E-state index is -4.54. The summed E-state index contributed by atoms with van der Waals surface area (Å²) in [6.45, 7) is 5.08. The molecule has 0 spiro atoms. The average Bonchev–Trinajstić information content (AvgIpc) is 3.04. The smallest absolute Gasteiger partial charge is 0.306 e. The van der Waals surface area contributed by atoms with E-state index in [0.29, 0.717) is 17.6 Å². The van der Waals surface area contributed by atoms with Crippen LogP contribution in [0.3, 0.4) is 0 Å². The second kappa shape index (κ2) is 33.3. The Labute approximate surface area is 300 Å². The van der Waals surface area contributed by atoms with Crippen molar-refractivity contribution in [2.24, 2.45) is 0 Å². The van der Waals surface area contributed by atoms with Gasteiger partial charge in [0.15, 0.2) is 0 Å². The Hall–Kier alpha value is -1.80. The zero-order valence-electron chi connectivity index (χ0n) is 31.9. The van der Waals surface area contributed by atoms with Gasteiger partial charge in [-0.1, -0.05) is 113 Å². The summed E-state index contributed by atoms with van der Waals surface area (Å²) >= 11 is 0. The highest BCUT2D eigenvalue weighted by Crippen LogP contribution is 2.38. The highest BCUT2D eigenvalue weighted by atomic mass is 31.2. The first kappa shape index (κ1) is 47.2. The number of likely N-dealkylation sites (N-methyl/N-ethyl adjacent to an activating group) is 1. The lowest BCUT2D eigenvalue weighted by Gasteiger charge is -2.28. The molecule has 8 nitrogen and oxygen atoms in total. The molecule has 0 heterocycles. The lowest BCUT2D eigenvalue weighted by atomic mass is 10.1. The number of esters is 1. The van der Waals surface area contributed by atoms with Crippen LogP contribution in [0.1, 0.15) is 129 Å². The van der Waals surface area contributed by atoms with Crippen molar-refractivity contribution >= 4 is 13.8 Å². The summed E-state index contributed by atoms with van der Waals surface area (Å²) < 4.78 is 34.3. The maximum atomic E-state index is 12.6. The second-order valence-electron chi connectivity index (χ2n) is 13.5. The molecule has 0 bridgehead atoms. The Balaban J connectivity index is 4.44. The fraction of sp³-hybridized carbons (Fsp3) is 0.725. The van der Waals surface area contributed by atoms with Gasteiger partial charge in [-0.25, -0.2) is 0 Å². The molecule has 0 fully saturated rings. The lowest BCUT2D eigenvalue weighted by molar-refractivity contribution is -0.870. The minimum absolute atomic E-state index is 0.0118. The number of hydrogen-bond acceptors (Lipinski definition) is 7. The van der Waals surface area contributed by atoms with Crippen LogP contribution in [0.5, 0.6) is 0 Å². The Morgan fingerprint density at radius 1 is 0.653 bits per heavy atom. The zero-order valence-corrected chi connectivity index (χ0v) is 32.8. The molecule has 0 aliphatic rings. The Morgan fingerprint density at radius 3 is 1.80 bits per heavy atom. The molecule has 0 aliphatic heterocycles. The number of phosphoric acid groups is 1. The molecule has 0 aromatic rings. The van der Waals surface area contributed by atoms with Gasteiger partial charge in [-0.3, -0.25) is 9.36 Å². The van der Waals surface area contributed by atoms with Gasteiger partial charge in [0.25, 0.3) is 7.82 Å². The lowest BCUT2D eigenvalue weighted by Crippen LogP contribution is -2.37. The summed E-state index contributed by atoms with van der Waals surface area (Å²) in [5, 5.41) is 0. The maximum Gasteiger partial charge on any atom is 0.306 e. The van der Waals surface area contributed by atoms with Crippen LogP contribution in [-0.2, 0) is 27.9 Å². The third kappa shape index (κ3) is 37.3. The third-order valence-electron chi connectivity index (χ3n) is 7.55. The first-order valence-electron chi connectivity index (χ1n) is 19.0. The average molecular weight is 710 g/mol. The molecule has 2 atom stereocenters. The highest BCUT2D eigenvalue weighted by Gasteiger charge is 2.20. The quantitative estimate of drug-likeness (QED) is 0.0216. The van der Waals surface area contributed by atoms with E-state index >= 15 is 0 Å². The van der Waals surface area contributed by atoms with E-state index in [1.807, 2.05) is 21.1 Å². The number of rotatable bonds is 34. The van der Waals surface area contributed by atoms with Crippen LogP contribution in [-0.4, -0.2) is 70.7 Å². The van der Waals surface area contributed by atoms with Crippen molar-refractivity contribution < 1.29 is 37.3 Å². The SMILES string of the molecule is CC/C=C\C/C=C\C/C=C\C/C=C\CCCOCC(COP(=O)([O-])OCC[N+](C)(C)C)OC(=O)CCCCCCC/C=C\CCCCCC. The summed E-state index contributed by atoms with van der Waals surface area (Å²) in [6.07, 6.45) is 39.6. The number of carbonyl (C=O) groups excluding carboxylic acids is 1. The molecule has 2 unspecified atom stereocenters. The van der Waals surface area contributed by atoms with Gasteiger partial charge in [-0.05, 0) is 70.6 Å². The first-order chi connectivity index (χ1) is 23.6. The number of nitrogens with zero attached hydrogens (tertiary/aromatic N) is 1. The van der Waals surface area contributed by atoms with Crippen molar-refractivity contribution in [1.82, 2.24) is 0 Å². The molecular formula is C40H72NO7P. The zero-order chi connectivity index (χ0) is 36.3. The van der Waals surface area contributed by atoms with Crippen LogP contribution < -0.4 is 4.89 Å². The van der Waals surface area contributed by atoms with E-state index < -0.39 is 13.9 Å². The van der Waals surface area contributed by atoms with Crippen LogP contribution >= 0.6 is 7.82 Å². The summed E-state index contributed by atoms with van der Waals surface area (Å²) in [5.74, 6) is -0.366. The molecule has 49 heavy (non-hydrogen) atoms. The second-order valence-corrected chi connectivity index (χ2v) is 15.0. The summed E-state index contributed by atoms with van der Waals surface area (Å²) in [6, 6.07) is 0. The third-order valence-corrected chi connectivity index (χ3v) is 8.52. The van der Waals surface area contributed by atoms with E-state index in [1.165, 1.54) is 38.5 Å². The van der Waals surface area contributed by atoms with Crippen LogP contribution in [0.15, 0.2) is 60.8 Å². The van der Waals surface area contributed by atoms with Crippen molar-refractivity contribution in [2.75, 3.05) is 54.1 Å². The van der Waals surface area contributed by atoms with E-state index in [0.717, 1.165) is 70.6 Å². The molecule has 0 aromatic heterocycles. The van der Waals surface area contributed by atoms with E-state index in [2.05, 4.69) is 74.6 Å². The molecule has 0 amide bonds. The molecule has 284 valence electrons. The number of phosphoric ester groups is 1. The molecule has 0 N–H and O–H groups in total. The molecule has 0 aliphatic carbocycles. The number of quaternary nitrogens is 1. The fourth-order valence-corrected chi connectivity index (χ4v) is 5.33. The van der Waals surface area contributed by atoms with Gasteiger partial charge < -0.3 is 27.9 Å². The topological polar surface area (TPSA) is 94.1 Å². The largest absolute Gasteiger partial charge is 0.756 e. The van der Waals surface area contributed by atoms with E-state index in [1.54, 1.807) is 0 Å². The van der Waals surface area contributed by atoms with Crippen LogP contribution in [0.4, 0.5) is 0 Å².